The fourth-order valence-electron chi connectivity index (χ4n) is 2.20. The molecule has 2 heterocycles. The monoisotopic (exact) mass is 311 g/mol. The highest BCUT2D eigenvalue weighted by Gasteiger charge is 2.08. The SMILES string of the molecule is Cc1ncn(-c2ccc(NC(=O)Cn3nnnc3C)cc2)c1C. The summed E-state index contributed by atoms with van der Waals surface area (Å²) in [6.07, 6.45) is 1.79. The van der Waals surface area contributed by atoms with Crippen LogP contribution in [-0.4, -0.2) is 35.7 Å². The van der Waals surface area contributed by atoms with Crippen LogP contribution in [-0.2, 0) is 11.3 Å². The van der Waals surface area contributed by atoms with Crippen LogP contribution in [0.2, 0.25) is 0 Å². The maximum absolute atomic E-state index is 12.0. The lowest BCUT2D eigenvalue weighted by Gasteiger charge is -2.08. The number of imidazole rings is 1. The zero-order chi connectivity index (χ0) is 16.4. The van der Waals surface area contributed by atoms with E-state index in [1.165, 1.54) is 4.68 Å². The van der Waals surface area contributed by atoms with E-state index in [0.717, 1.165) is 22.8 Å². The van der Waals surface area contributed by atoms with Crippen LogP contribution in [0.3, 0.4) is 0 Å². The van der Waals surface area contributed by atoms with Crippen LogP contribution in [0, 0.1) is 20.8 Å². The van der Waals surface area contributed by atoms with Crippen LogP contribution < -0.4 is 5.32 Å². The molecular formula is C15H17N7O. The van der Waals surface area contributed by atoms with E-state index in [4.69, 9.17) is 0 Å². The van der Waals surface area contributed by atoms with Gasteiger partial charge < -0.3 is 9.88 Å². The molecule has 0 spiro atoms. The van der Waals surface area contributed by atoms with Crippen LogP contribution >= 0.6 is 0 Å². The minimum Gasteiger partial charge on any atom is -0.324 e. The molecule has 3 rings (SSSR count). The number of amides is 1. The number of anilines is 1. The molecule has 0 fully saturated rings. The van der Waals surface area contributed by atoms with E-state index in [1.807, 2.05) is 42.7 Å². The Bertz CT molecular complexity index is 832. The smallest absolute Gasteiger partial charge is 0.246 e. The van der Waals surface area contributed by atoms with E-state index >= 15 is 0 Å². The fourth-order valence-corrected chi connectivity index (χ4v) is 2.20. The molecule has 8 heteroatoms. The summed E-state index contributed by atoms with van der Waals surface area (Å²) in [6.45, 7) is 5.83. The van der Waals surface area contributed by atoms with E-state index in [9.17, 15) is 4.79 Å². The molecule has 0 saturated carbocycles. The lowest BCUT2D eigenvalue weighted by atomic mass is 10.2. The number of benzene rings is 1. The Labute approximate surface area is 133 Å². The summed E-state index contributed by atoms with van der Waals surface area (Å²) in [6, 6.07) is 7.58. The number of rotatable bonds is 4. The van der Waals surface area contributed by atoms with Gasteiger partial charge >= 0.3 is 0 Å². The minimum atomic E-state index is -0.178. The first-order valence-electron chi connectivity index (χ1n) is 7.18. The summed E-state index contributed by atoms with van der Waals surface area (Å²) in [5, 5.41) is 13.8. The molecule has 0 saturated heterocycles. The Morgan fingerprint density at radius 1 is 1.17 bits per heavy atom. The predicted molar refractivity (Wildman–Crippen MR) is 84.2 cm³/mol. The van der Waals surface area contributed by atoms with Crippen molar-refractivity contribution < 1.29 is 4.79 Å². The van der Waals surface area contributed by atoms with Gasteiger partial charge in [-0.1, -0.05) is 0 Å². The van der Waals surface area contributed by atoms with Crippen molar-refractivity contribution >= 4 is 11.6 Å². The maximum Gasteiger partial charge on any atom is 0.246 e. The second kappa shape index (κ2) is 5.99. The molecule has 0 atom stereocenters. The van der Waals surface area contributed by atoms with Gasteiger partial charge in [0.2, 0.25) is 5.91 Å². The number of aryl methyl sites for hydroxylation is 2. The molecule has 118 valence electrons. The molecule has 0 unspecified atom stereocenters. The molecule has 23 heavy (non-hydrogen) atoms. The maximum atomic E-state index is 12.0. The largest absolute Gasteiger partial charge is 0.324 e. The summed E-state index contributed by atoms with van der Waals surface area (Å²) < 4.78 is 3.45. The van der Waals surface area contributed by atoms with Crippen LogP contribution in [0.15, 0.2) is 30.6 Å². The van der Waals surface area contributed by atoms with Crippen LogP contribution in [0.1, 0.15) is 17.2 Å². The van der Waals surface area contributed by atoms with Crippen molar-refractivity contribution in [3.63, 3.8) is 0 Å². The van der Waals surface area contributed by atoms with Crippen molar-refractivity contribution in [3.8, 4) is 5.69 Å². The molecule has 0 bridgehead atoms. The zero-order valence-corrected chi connectivity index (χ0v) is 13.2. The van der Waals surface area contributed by atoms with Gasteiger partial charge in [0.25, 0.3) is 0 Å². The number of carbonyl (C=O) groups is 1. The standard InChI is InChI=1S/C15H17N7O/c1-10-11(2)21(9-16-10)14-6-4-13(5-7-14)17-15(23)8-22-12(3)18-19-20-22/h4-7,9H,8H2,1-3H3,(H,17,23). The van der Waals surface area contributed by atoms with E-state index in [2.05, 4.69) is 25.8 Å². The molecular weight excluding hydrogens is 294 g/mol. The number of tetrazole rings is 1. The predicted octanol–water partition coefficient (Wildman–Crippen LogP) is 1.42. The van der Waals surface area contributed by atoms with Crippen LogP contribution in [0.25, 0.3) is 5.69 Å². The minimum absolute atomic E-state index is 0.0837. The van der Waals surface area contributed by atoms with Gasteiger partial charge in [-0.3, -0.25) is 4.79 Å². The molecule has 0 aliphatic heterocycles. The highest BCUT2D eigenvalue weighted by Crippen LogP contribution is 2.16. The second-order valence-electron chi connectivity index (χ2n) is 5.26. The van der Waals surface area contributed by atoms with Crippen molar-refractivity contribution in [3.05, 3.63) is 47.8 Å². The first kappa shape index (κ1) is 14.9. The topological polar surface area (TPSA) is 90.5 Å². The molecule has 0 radical (unpaired) electrons. The van der Waals surface area contributed by atoms with Gasteiger partial charge in [0.15, 0.2) is 0 Å². The molecule has 8 nitrogen and oxygen atoms in total. The van der Waals surface area contributed by atoms with E-state index < -0.39 is 0 Å². The van der Waals surface area contributed by atoms with Gasteiger partial charge in [0.05, 0.1) is 12.0 Å². The van der Waals surface area contributed by atoms with Crippen molar-refractivity contribution in [1.82, 2.24) is 29.8 Å². The first-order chi connectivity index (χ1) is 11.0. The van der Waals surface area contributed by atoms with E-state index in [-0.39, 0.29) is 12.5 Å². The highest BCUT2D eigenvalue weighted by atomic mass is 16.2. The molecule has 1 aromatic carbocycles. The lowest BCUT2D eigenvalue weighted by Crippen LogP contribution is -2.20. The van der Waals surface area contributed by atoms with Crippen molar-refractivity contribution in [2.24, 2.45) is 0 Å². The Morgan fingerprint density at radius 3 is 2.48 bits per heavy atom. The Hall–Kier alpha value is -3.03. The highest BCUT2D eigenvalue weighted by molar-refractivity contribution is 5.90. The molecule has 1 N–H and O–H groups in total. The molecule has 1 amide bonds. The van der Waals surface area contributed by atoms with Crippen molar-refractivity contribution in [2.45, 2.75) is 27.3 Å². The Morgan fingerprint density at radius 2 is 1.91 bits per heavy atom. The van der Waals surface area contributed by atoms with Crippen LogP contribution in [0.4, 0.5) is 5.69 Å². The average molecular weight is 311 g/mol. The lowest BCUT2D eigenvalue weighted by molar-refractivity contribution is -0.117. The normalized spacial score (nSPS) is 10.7. The molecule has 0 aliphatic rings. The van der Waals surface area contributed by atoms with Gasteiger partial charge in [-0.15, -0.1) is 5.10 Å². The first-order valence-corrected chi connectivity index (χ1v) is 7.18. The second-order valence-corrected chi connectivity index (χ2v) is 5.26. The average Bonchev–Trinajstić information content (AvgIpc) is 3.07. The number of hydrogen-bond donors (Lipinski definition) is 1. The Balaban J connectivity index is 1.69. The van der Waals surface area contributed by atoms with E-state index in [0.29, 0.717) is 5.82 Å². The molecule has 3 aromatic rings. The fraction of sp³-hybridized carbons (Fsp3) is 0.267. The third-order valence-corrected chi connectivity index (χ3v) is 3.69. The summed E-state index contributed by atoms with van der Waals surface area (Å²) in [5.41, 5.74) is 3.81. The number of nitrogens with zero attached hydrogens (tertiary/aromatic N) is 6. The number of carbonyl (C=O) groups excluding carboxylic acids is 1. The summed E-state index contributed by atoms with van der Waals surface area (Å²) in [4.78, 5) is 16.3. The van der Waals surface area contributed by atoms with Gasteiger partial charge in [-0.2, -0.15) is 0 Å². The third-order valence-electron chi connectivity index (χ3n) is 3.69. The van der Waals surface area contributed by atoms with Crippen LogP contribution in [0.5, 0.6) is 0 Å². The molecule has 0 aliphatic carbocycles. The van der Waals surface area contributed by atoms with Crippen molar-refractivity contribution in [2.75, 3.05) is 5.32 Å². The van der Waals surface area contributed by atoms with Crippen molar-refractivity contribution in [1.29, 1.82) is 0 Å². The number of nitrogens with one attached hydrogen (secondary N) is 1. The van der Waals surface area contributed by atoms with Gasteiger partial charge in [-0.25, -0.2) is 9.67 Å². The molecule has 2 aromatic heterocycles. The Kier molecular flexibility index (Phi) is 3.88. The summed E-state index contributed by atoms with van der Waals surface area (Å²) in [7, 11) is 0. The number of aromatic nitrogens is 6. The quantitative estimate of drug-likeness (QED) is 0.787. The van der Waals surface area contributed by atoms with Gasteiger partial charge in [-0.05, 0) is 55.5 Å². The van der Waals surface area contributed by atoms with E-state index in [1.54, 1.807) is 13.3 Å². The number of hydrogen-bond acceptors (Lipinski definition) is 5. The summed E-state index contributed by atoms with van der Waals surface area (Å²) in [5.74, 6) is 0.421. The summed E-state index contributed by atoms with van der Waals surface area (Å²) >= 11 is 0. The zero-order valence-electron chi connectivity index (χ0n) is 13.2. The van der Waals surface area contributed by atoms with Gasteiger partial charge in [0, 0.05) is 17.1 Å². The van der Waals surface area contributed by atoms with Gasteiger partial charge in [0.1, 0.15) is 12.4 Å². The third kappa shape index (κ3) is 3.10.